The van der Waals surface area contributed by atoms with Crippen LogP contribution in [0, 0.1) is 0 Å². The highest BCUT2D eigenvalue weighted by molar-refractivity contribution is 7.88. The van der Waals surface area contributed by atoms with Gasteiger partial charge in [-0.1, -0.05) is 24.3 Å². The molecule has 0 aliphatic rings. The van der Waals surface area contributed by atoms with Gasteiger partial charge in [-0.2, -0.15) is 11.3 Å². The molecular formula is C16H22N2O2S2. The smallest absolute Gasteiger partial charge is 0.216 e. The molecule has 0 bridgehead atoms. The van der Waals surface area contributed by atoms with Crippen molar-refractivity contribution in [3.8, 4) is 0 Å². The highest BCUT2D eigenvalue weighted by atomic mass is 32.2. The molecular weight excluding hydrogens is 316 g/mol. The van der Waals surface area contributed by atoms with Crippen LogP contribution in [-0.4, -0.2) is 14.5 Å². The third kappa shape index (κ3) is 5.88. The van der Waals surface area contributed by atoms with Crippen molar-refractivity contribution in [1.29, 1.82) is 0 Å². The van der Waals surface area contributed by atoms with E-state index in [4.69, 9.17) is 0 Å². The summed E-state index contributed by atoms with van der Waals surface area (Å²) in [6.07, 6.45) is 0. The van der Waals surface area contributed by atoms with Gasteiger partial charge in [0, 0.05) is 19.1 Å². The lowest BCUT2D eigenvalue weighted by molar-refractivity contribution is 0.569. The Morgan fingerprint density at radius 1 is 1.00 bits per heavy atom. The number of thiophene rings is 1. The van der Waals surface area contributed by atoms with Crippen molar-refractivity contribution < 1.29 is 8.42 Å². The zero-order valence-electron chi connectivity index (χ0n) is 12.9. The van der Waals surface area contributed by atoms with Crippen LogP contribution < -0.4 is 10.0 Å². The monoisotopic (exact) mass is 338 g/mol. The number of hydrogen-bond donors (Lipinski definition) is 2. The predicted molar refractivity (Wildman–Crippen MR) is 92.2 cm³/mol. The quantitative estimate of drug-likeness (QED) is 0.778. The fourth-order valence-electron chi connectivity index (χ4n) is 2.12. The fourth-order valence-corrected chi connectivity index (χ4v) is 4.22. The van der Waals surface area contributed by atoms with E-state index < -0.39 is 10.0 Å². The molecule has 1 heterocycles. The molecule has 1 aromatic heterocycles. The first-order valence-electron chi connectivity index (χ1n) is 7.24. The van der Waals surface area contributed by atoms with Crippen LogP contribution in [0.1, 0.15) is 30.5 Å². The molecule has 0 aliphatic heterocycles. The molecule has 0 spiro atoms. The van der Waals surface area contributed by atoms with Gasteiger partial charge in [0.25, 0.3) is 0 Å². The normalized spacial score (nSPS) is 12.0. The van der Waals surface area contributed by atoms with Gasteiger partial charge in [0.2, 0.25) is 10.0 Å². The summed E-state index contributed by atoms with van der Waals surface area (Å²) in [5, 5.41) is 7.57. The van der Waals surface area contributed by atoms with Crippen LogP contribution in [0.5, 0.6) is 0 Å². The number of nitrogens with one attached hydrogen (secondary N) is 2. The Morgan fingerprint density at radius 3 is 2.23 bits per heavy atom. The van der Waals surface area contributed by atoms with Gasteiger partial charge in [-0.05, 0) is 47.4 Å². The maximum atomic E-state index is 11.9. The maximum absolute atomic E-state index is 11.9. The van der Waals surface area contributed by atoms with Gasteiger partial charge in [0.15, 0.2) is 0 Å². The van der Waals surface area contributed by atoms with Gasteiger partial charge >= 0.3 is 0 Å². The molecule has 0 atom stereocenters. The first-order chi connectivity index (χ1) is 10.4. The molecule has 0 radical (unpaired) electrons. The van der Waals surface area contributed by atoms with Crippen molar-refractivity contribution in [2.45, 2.75) is 38.7 Å². The second-order valence-electron chi connectivity index (χ2n) is 5.58. The average Bonchev–Trinajstić information content (AvgIpc) is 2.92. The minimum Gasteiger partial charge on any atom is -0.309 e. The topological polar surface area (TPSA) is 58.2 Å². The summed E-state index contributed by atoms with van der Waals surface area (Å²) in [6, 6.07) is 9.72. The fraction of sp³-hybridized carbons (Fsp3) is 0.375. The second-order valence-corrected chi connectivity index (χ2v) is 8.12. The Balaban J connectivity index is 1.85. The van der Waals surface area contributed by atoms with Gasteiger partial charge in [-0.3, -0.25) is 0 Å². The van der Waals surface area contributed by atoms with Gasteiger partial charge < -0.3 is 5.32 Å². The zero-order valence-corrected chi connectivity index (χ0v) is 14.5. The second kappa shape index (κ2) is 7.87. The Labute approximate surface area is 136 Å². The highest BCUT2D eigenvalue weighted by Gasteiger charge is 2.12. The minimum atomic E-state index is -3.26. The van der Waals surface area contributed by atoms with E-state index in [-0.39, 0.29) is 11.8 Å². The van der Waals surface area contributed by atoms with Gasteiger partial charge in [0.1, 0.15) is 0 Å². The Kier molecular flexibility index (Phi) is 6.14. The van der Waals surface area contributed by atoms with E-state index >= 15 is 0 Å². The van der Waals surface area contributed by atoms with Crippen molar-refractivity contribution >= 4 is 21.4 Å². The lowest BCUT2D eigenvalue weighted by atomic mass is 10.1. The molecule has 0 fully saturated rings. The molecule has 120 valence electrons. The molecule has 0 saturated heterocycles. The molecule has 1 aromatic carbocycles. The zero-order chi connectivity index (χ0) is 16.0. The summed E-state index contributed by atoms with van der Waals surface area (Å²) in [5.74, 6) is 0.0216. The number of benzene rings is 1. The van der Waals surface area contributed by atoms with Crippen LogP contribution in [0.2, 0.25) is 0 Å². The summed E-state index contributed by atoms with van der Waals surface area (Å²) in [7, 11) is -3.26. The molecule has 2 aromatic rings. The van der Waals surface area contributed by atoms with E-state index in [9.17, 15) is 8.42 Å². The Hall–Kier alpha value is -1.21. The first-order valence-corrected chi connectivity index (χ1v) is 9.84. The predicted octanol–water partition coefficient (Wildman–Crippen LogP) is 2.87. The van der Waals surface area contributed by atoms with E-state index in [1.165, 1.54) is 5.56 Å². The minimum absolute atomic E-state index is 0.0216. The van der Waals surface area contributed by atoms with Crippen LogP contribution in [0.25, 0.3) is 0 Å². The third-order valence-electron chi connectivity index (χ3n) is 3.03. The van der Waals surface area contributed by atoms with Crippen LogP contribution in [0.15, 0.2) is 41.1 Å². The lowest BCUT2D eigenvalue weighted by Gasteiger charge is -2.10. The molecule has 0 aliphatic carbocycles. The summed E-state index contributed by atoms with van der Waals surface area (Å²) in [6.45, 7) is 5.25. The molecule has 4 nitrogen and oxygen atoms in total. The molecule has 0 amide bonds. The molecule has 6 heteroatoms. The third-order valence-corrected chi connectivity index (χ3v) is 5.31. The van der Waals surface area contributed by atoms with Gasteiger partial charge in [-0.25, -0.2) is 13.1 Å². The van der Waals surface area contributed by atoms with Crippen molar-refractivity contribution in [2.75, 3.05) is 0 Å². The van der Waals surface area contributed by atoms with E-state index in [0.717, 1.165) is 24.2 Å². The lowest BCUT2D eigenvalue weighted by Crippen LogP contribution is -2.31. The molecule has 2 rings (SSSR count). The van der Waals surface area contributed by atoms with E-state index in [1.807, 2.05) is 38.1 Å². The van der Waals surface area contributed by atoms with Gasteiger partial charge in [0.05, 0.1) is 5.75 Å². The van der Waals surface area contributed by atoms with E-state index in [1.54, 1.807) is 11.3 Å². The number of rotatable bonds is 8. The maximum Gasteiger partial charge on any atom is 0.216 e. The number of sulfonamides is 1. The molecule has 22 heavy (non-hydrogen) atoms. The van der Waals surface area contributed by atoms with Crippen molar-refractivity contribution in [2.24, 2.45) is 0 Å². The highest BCUT2D eigenvalue weighted by Crippen LogP contribution is 2.09. The van der Waals surface area contributed by atoms with Crippen LogP contribution in [-0.2, 0) is 28.9 Å². The average molecular weight is 338 g/mol. The van der Waals surface area contributed by atoms with Crippen LogP contribution >= 0.6 is 11.3 Å². The summed E-state index contributed by atoms with van der Waals surface area (Å²) in [5.41, 5.74) is 3.23. The molecule has 0 saturated carbocycles. The Bertz CT molecular complexity index is 663. The largest absolute Gasteiger partial charge is 0.309 e. The molecule has 2 N–H and O–H groups in total. The van der Waals surface area contributed by atoms with E-state index in [0.29, 0.717) is 0 Å². The van der Waals surface area contributed by atoms with Crippen molar-refractivity contribution in [3.05, 3.63) is 57.8 Å². The van der Waals surface area contributed by atoms with Crippen molar-refractivity contribution in [1.82, 2.24) is 10.0 Å². The SMILES string of the molecule is CC(C)NS(=O)(=O)Cc1ccc(CNCc2ccsc2)cc1. The standard InChI is InChI=1S/C16H22N2O2S2/c1-13(2)18-22(19,20)12-15-5-3-14(4-6-15)9-17-10-16-7-8-21-11-16/h3-8,11,13,17-18H,9-10,12H2,1-2H3. The number of hydrogen-bond acceptors (Lipinski definition) is 4. The summed E-state index contributed by atoms with van der Waals surface area (Å²) < 4.78 is 26.3. The molecule has 0 unspecified atom stereocenters. The van der Waals surface area contributed by atoms with Crippen molar-refractivity contribution in [3.63, 3.8) is 0 Å². The van der Waals surface area contributed by atoms with Gasteiger partial charge in [-0.15, -0.1) is 0 Å². The first kappa shape index (κ1) is 17.1. The van der Waals surface area contributed by atoms with Crippen LogP contribution in [0.3, 0.4) is 0 Å². The van der Waals surface area contributed by atoms with E-state index in [2.05, 4.69) is 26.9 Å². The van der Waals surface area contributed by atoms with Crippen LogP contribution in [0.4, 0.5) is 0 Å². The summed E-state index contributed by atoms with van der Waals surface area (Å²) in [4.78, 5) is 0. The summed E-state index contributed by atoms with van der Waals surface area (Å²) >= 11 is 1.69. The Morgan fingerprint density at radius 2 is 1.64 bits per heavy atom.